The van der Waals surface area contributed by atoms with E-state index in [4.69, 9.17) is 0 Å². The second-order valence-electron chi connectivity index (χ2n) is 7.08. The van der Waals surface area contributed by atoms with E-state index in [1.807, 2.05) is 18.5 Å². The fourth-order valence-electron chi connectivity index (χ4n) is 3.32. The number of alkyl halides is 3. The lowest BCUT2D eigenvalue weighted by molar-refractivity contribution is -0.137. The molecule has 1 aliphatic rings. The van der Waals surface area contributed by atoms with Crippen molar-refractivity contribution in [3.8, 4) is 0 Å². The Labute approximate surface area is 191 Å². The maximum Gasteiger partial charge on any atom is 0.416 e. The standard InChI is InChI=1S/C19H26F3N7.HI/c1-14-25-26-17(27(14)3)12-24-18(23-2)29-9-7-28(8-10-29)13-15-5-4-6-16(11-15)19(20,21)22;/h4-6,11H,7-10,12-13H2,1-3H3,(H,23,24);1H. The summed E-state index contributed by atoms with van der Waals surface area (Å²) in [7, 11) is 3.65. The summed E-state index contributed by atoms with van der Waals surface area (Å²) in [6.45, 7) is 5.92. The molecule has 0 amide bonds. The smallest absolute Gasteiger partial charge is 0.349 e. The lowest BCUT2D eigenvalue weighted by atomic mass is 10.1. The molecule has 0 saturated carbocycles. The molecule has 1 aromatic carbocycles. The molecule has 7 nitrogen and oxygen atoms in total. The minimum atomic E-state index is -4.31. The first-order chi connectivity index (χ1) is 13.8. The molecule has 3 rings (SSSR count). The first-order valence-corrected chi connectivity index (χ1v) is 9.47. The van der Waals surface area contributed by atoms with Crippen molar-refractivity contribution < 1.29 is 13.2 Å². The van der Waals surface area contributed by atoms with Gasteiger partial charge in [0.15, 0.2) is 11.8 Å². The van der Waals surface area contributed by atoms with Crippen LogP contribution in [0.3, 0.4) is 0 Å². The van der Waals surface area contributed by atoms with Gasteiger partial charge >= 0.3 is 6.18 Å². The van der Waals surface area contributed by atoms with Gasteiger partial charge in [0.1, 0.15) is 5.82 Å². The third-order valence-electron chi connectivity index (χ3n) is 5.13. The zero-order valence-corrected chi connectivity index (χ0v) is 19.6. The summed E-state index contributed by atoms with van der Waals surface area (Å²) in [6.07, 6.45) is -4.31. The largest absolute Gasteiger partial charge is 0.416 e. The van der Waals surface area contributed by atoms with Crippen LogP contribution in [0.5, 0.6) is 0 Å². The van der Waals surface area contributed by atoms with Crippen LogP contribution in [0, 0.1) is 6.92 Å². The van der Waals surface area contributed by atoms with E-state index in [-0.39, 0.29) is 24.0 Å². The van der Waals surface area contributed by atoms with Gasteiger partial charge < -0.3 is 14.8 Å². The van der Waals surface area contributed by atoms with E-state index in [1.165, 1.54) is 12.1 Å². The Morgan fingerprint density at radius 1 is 1.17 bits per heavy atom. The predicted octanol–water partition coefficient (Wildman–Crippen LogP) is 2.65. The quantitative estimate of drug-likeness (QED) is 0.370. The molecule has 1 fully saturated rings. The summed E-state index contributed by atoms with van der Waals surface area (Å²) in [6, 6.07) is 5.55. The molecule has 1 N–H and O–H groups in total. The highest BCUT2D eigenvalue weighted by molar-refractivity contribution is 14.0. The van der Waals surface area contributed by atoms with Crippen LogP contribution in [-0.2, 0) is 26.3 Å². The van der Waals surface area contributed by atoms with E-state index < -0.39 is 11.7 Å². The van der Waals surface area contributed by atoms with Crippen LogP contribution in [0.2, 0.25) is 0 Å². The Balaban J connectivity index is 0.00000320. The average molecular weight is 537 g/mol. The Kier molecular flexibility index (Phi) is 8.47. The number of piperazine rings is 1. The van der Waals surface area contributed by atoms with Crippen molar-refractivity contribution >= 4 is 29.9 Å². The van der Waals surface area contributed by atoms with E-state index in [0.29, 0.717) is 18.7 Å². The summed E-state index contributed by atoms with van der Waals surface area (Å²) >= 11 is 0. The number of halogens is 4. The predicted molar refractivity (Wildman–Crippen MR) is 120 cm³/mol. The number of rotatable bonds is 4. The van der Waals surface area contributed by atoms with Crippen LogP contribution < -0.4 is 5.32 Å². The second-order valence-corrected chi connectivity index (χ2v) is 7.08. The molecule has 11 heteroatoms. The zero-order valence-electron chi connectivity index (χ0n) is 17.3. The molecular weight excluding hydrogens is 510 g/mol. The Morgan fingerprint density at radius 3 is 2.43 bits per heavy atom. The molecule has 0 unspecified atom stereocenters. The van der Waals surface area contributed by atoms with Crippen LogP contribution in [0.1, 0.15) is 22.8 Å². The number of aromatic nitrogens is 3. The highest BCUT2D eigenvalue weighted by Gasteiger charge is 2.30. The van der Waals surface area contributed by atoms with Crippen LogP contribution >= 0.6 is 24.0 Å². The van der Waals surface area contributed by atoms with Crippen molar-refractivity contribution in [2.45, 2.75) is 26.2 Å². The van der Waals surface area contributed by atoms with Gasteiger partial charge in [0.05, 0.1) is 12.1 Å². The van der Waals surface area contributed by atoms with Gasteiger partial charge in [-0.1, -0.05) is 18.2 Å². The first-order valence-electron chi connectivity index (χ1n) is 9.47. The van der Waals surface area contributed by atoms with E-state index in [1.54, 1.807) is 13.1 Å². The van der Waals surface area contributed by atoms with Gasteiger partial charge in [0.2, 0.25) is 0 Å². The van der Waals surface area contributed by atoms with E-state index >= 15 is 0 Å². The molecule has 0 aliphatic carbocycles. The molecular formula is C19H27F3IN7. The molecule has 2 aromatic rings. The number of aliphatic imine (C=N–C) groups is 1. The number of nitrogens with zero attached hydrogens (tertiary/aromatic N) is 6. The average Bonchev–Trinajstić information content (AvgIpc) is 3.01. The maximum atomic E-state index is 12.9. The van der Waals surface area contributed by atoms with Crippen molar-refractivity contribution in [1.82, 2.24) is 29.9 Å². The molecule has 0 radical (unpaired) electrons. The molecule has 30 heavy (non-hydrogen) atoms. The van der Waals surface area contributed by atoms with Crippen molar-refractivity contribution in [3.63, 3.8) is 0 Å². The van der Waals surface area contributed by atoms with Crippen LogP contribution in [0.25, 0.3) is 0 Å². The molecule has 0 atom stereocenters. The van der Waals surface area contributed by atoms with Crippen molar-refractivity contribution in [3.05, 3.63) is 47.0 Å². The van der Waals surface area contributed by atoms with Crippen LogP contribution in [0.15, 0.2) is 29.3 Å². The monoisotopic (exact) mass is 537 g/mol. The minimum absolute atomic E-state index is 0. The summed E-state index contributed by atoms with van der Waals surface area (Å²) in [4.78, 5) is 8.64. The van der Waals surface area contributed by atoms with E-state index in [9.17, 15) is 13.2 Å². The fraction of sp³-hybridized carbons (Fsp3) is 0.526. The summed E-state index contributed by atoms with van der Waals surface area (Å²) < 4.78 is 40.6. The first kappa shape index (κ1) is 24.4. The number of benzene rings is 1. The van der Waals surface area contributed by atoms with E-state index in [0.717, 1.165) is 49.9 Å². The molecule has 1 aliphatic heterocycles. The highest BCUT2D eigenvalue weighted by atomic mass is 127. The lowest BCUT2D eigenvalue weighted by Gasteiger charge is -2.36. The minimum Gasteiger partial charge on any atom is -0.349 e. The van der Waals surface area contributed by atoms with Crippen molar-refractivity contribution in [1.29, 1.82) is 0 Å². The molecule has 1 aromatic heterocycles. The molecule has 0 spiro atoms. The molecule has 1 saturated heterocycles. The Bertz CT molecular complexity index is 858. The zero-order chi connectivity index (χ0) is 21.0. The highest BCUT2D eigenvalue weighted by Crippen LogP contribution is 2.29. The number of nitrogens with one attached hydrogen (secondary N) is 1. The van der Waals surface area contributed by atoms with Gasteiger partial charge in [0, 0.05) is 46.8 Å². The fourth-order valence-corrected chi connectivity index (χ4v) is 3.32. The molecule has 0 bridgehead atoms. The number of guanidine groups is 1. The van der Waals surface area contributed by atoms with Gasteiger partial charge in [0.25, 0.3) is 0 Å². The van der Waals surface area contributed by atoms with Gasteiger partial charge in [-0.2, -0.15) is 13.2 Å². The summed E-state index contributed by atoms with van der Waals surface area (Å²) in [5.74, 6) is 2.45. The molecule has 166 valence electrons. The third-order valence-corrected chi connectivity index (χ3v) is 5.13. The second kappa shape index (κ2) is 10.4. The Hall–Kier alpha value is -1.89. The number of hydrogen-bond acceptors (Lipinski definition) is 4. The number of hydrogen-bond donors (Lipinski definition) is 1. The SMILES string of the molecule is CN=C(NCc1nnc(C)n1C)N1CCN(Cc2cccc(C(F)(F)F)c2)CC1.I. The summed E-state index contributed by atoms with van der Waals surface area (Å²) in [5.41, 5.74) is 0.0747. The van der Waals surface area contributed by atoms with Gasteiger partial charge in [-0.3, -0.25) is 9.89 Å². The molecule has 2 heterocycles. The van der Waals surface area contributed by atoms with Gasteiger partial charge in [-0.05, 0) is 18.6 Å². The van der Waals surface area contributed by atoms with Crippen molar-refractivity contribution in [2.75, 3.05) is 33.2 Å². The van der Waals surface area contributed by atoms with Gasteiger partial charge in [-0.25, -0.2) is 0 Å². The normalized spacial score (nSPS) is 15.8. The van der Waals surface area contributed by atoms with Crippen molar-refractivity contribution in [2.24, 2.45) is 12.0 Å². The summed E-state index contributed by atoms with van der Waals surface area (Å²) in [5, 5.41) is 11.5. The van der Waals surface area contributed by atoms with Crippen LogP contribution in [-0.4, -0.2) is 63.8 Å². The van der Waals surface area contributed by atoms with Gasteiger partial charge in [-0.15, -0.1) is 34.2 Å². The maximum absolute atomic E-state index is 12.9. The third kappa shape index (κ3) is 6.06. The topological polar surface area (TPSA) is 61.6 Å². The van der Waals surface area contributed by atoms with Crippen LogP contribution in [0.4, 0.5) is 13.2 Å². The Morgan fingerprint density at radius 2 is 1.87 bits per heavy atom. The van der Waals surface area contributed by atoms with E-state index in [2.05, 4.69) is 30.3 Å². The number of aryl methyl sites for hydroxylation is 1. The lowest BCUT2D eigenvalue weighted by Crippen LogP contribution is -2.52.